The lowest BCUT2D eigenvalue weighted by Crippen LogP contribution is -2.42. The first-order valence-electron chi connectivity index (χ1n) is 8.13. The molecule has 2 amide bonds. The number of thiophene rings is 1. The third-order valence-corrected chi connectivity index (χ3v) is 5.75. The molecule has 5 nitrogen and oxygen atoms in total. The maximum absolute atomic E-state index is 12.6. The van der Waals surface area contributed by atoms with Gasteiger partial charge in [-0.3, -0.25) is 4.79 Å². The van der Waals surface area contributed by atoms with Gasteiger partial charge in [-0.2, -0.15) is 0 Å². The molecule has 0 radical (unpaired) electrons. The number of rotatable bonds is 4. The Balaban J connectivity index is 1.77. The van der Waals surface area contributed by atoms with Gasteiger partial charge in [-0.05, 0) is 36.5 Å². The van der Waals surface area contributed by atoms with Gasteiger partial charge >= 0.3 is 6.09 Å². The highest BCUT2D eigenvalue weighted by Crippen LogP contribution is 2.32. The quantitative estimate of drug-likeness (QED) is 0.834. The molecule has 1 fully saturated rings. The van der Waals surface area contributed by atoms with Crippen LogP contribution in [0.5, 0.6) is 0 Å². The first kappa shape index (κ1) is 17.8. The molecular formula is C18H19ClN2O3S. The molecule has 2 aromatic rings. The van der Waals surface area contributed by atoms with Crippen LogP contribution in [0.4, 0.5) is 4.79 Å². The van der Waals surface area contributed by atoms with Crippen molar-refractivity contribution in [3.05, 3.63) is 57.2 Å². The highest BCUT2D eigenvalue weighted by Gasteiger charge is 2.30. The third-order valence-electron chi connectivity index (χ3n) is 4.52. The van der Waals surface area contributed by atoms with Crippen LogP contribution in [0, 0.1) is 5.92 Å². The molecule has 3 rings (SSSR count). The summed E-state index contributed by atoms with van der Waals surface area (Å²) in [5.74, 6) is 0.0452. The van der Waals surface area contributed by atoms with Crippen molar-refractivity contribution >= 4 is 34.9 Å². The van der Waals surface area contributed by atoms with Crippen LogP contribution in [0.15, 0.2) is 42.5 Å². The first-order chi connectivity index (χ1) is 12.0. The average Bonchev–Trinajstić information content (AvgIpc) is 3.07. The minimum Gasteiger partial charge on any atom is -0.465 e. The topological polar surface area (TPSA) is 69.6 Å². The van der Waals surface area contributed by atoms with Gasteiger partial charge in [0.1, 0.15) is 0 Å². The second kappa shape index (κ2) is 7.89. The monoisotopic (exact) mass is 378 g/mol. The van der Waals surface area contributed by atoms with Crippen molar-refractivity contribution in [2.24, 2.45) is 5.92 Å². The van der Waals surface area contributed by atoms with E-state index in [9.17, 15) is 9.59 Å². The number of nitrogens with zero attached hydrogens (tertiary/aromatic N) is 1. The summed E-state index contributed by atoms with van der Waals surface area (Å²) >= 11 is 7.18. The summed E-state index contributed by atoms with van der Waals surface area (Å²) in [6, 6.07) is 13.1. The Bertz CT molecular complexity index is 742. The standard InChI is InChI=1S/C18H19ClN2O3S/c19-15-7-6-14(25-15)17(22)20-16(12-4-2-1-3-5-12)13-8-10-21(11-9-13)18(23)24/h1-7,13,16H,8-11H2,(H,20,22)(H,23,24). The van der Waals surface area contributed by atoms with Crippen molar-refractivity contribution in [3.63, 3.8) is 0 Å². The Morgan fingerprint density at radius 1 is 1.16 bits per heavy atom. The van der Waals surface area contributed by atoms with E-state index in [0.29, 0.717) is 22.3 Å². The summed E-state index contributed by atoms with van der Waals surface area (Å²) in [5, 5.41) is 12.2. The number of likely N-dealkylation sites (tertiary alicyclic amines) is 1. The molecule has 132 valence electrons. The van der Waals surface area contributed by atoms with Gasteiger partial charge in [0.05, 0.1) is 15.3 Å². The van der Waals surface area contributed by atoms with Gasteiger partial charge in [0, 0.05) is 13.1 Å². The Labute approximate surface area is 155 Å². The molecule has 1 aliphatic rings. The summed E-state index contributed by atoms with van der Waals surface area (Å²) in [6.07, 6.45) is 0.557. The predicted molar refractivity (Wildman–Crippen MR) is 98.3 cm³/mol. The van der Waals surface area contributed by atoms with Gasteiger partial charge in [-0.15, -0.1) is 11.3 Å². The SMILES string of the molecule is O=C(NC(c1ccccc1)C1CCN(C(=O)O)CC1)c1ccc(Cl)s1. The van der Waals surface area contributed by atoms with Crippen LogP contribution in [0.3, 0.4) is 0 Å². The molecule has 0 aliphatic carbocycles. The van der Waals surface area contributed by atoms with Crippen LogP contribution in [0.2, 0.25) is 4.34 Å². The van der Waals surface area contributed by atoms with Crippen molar-refractivity contribution in [1.29, 1.82) is 0 Å². The van der Waals surface area contributed by atoms with Gasteiger partial charge in [0.25, 0.3) is 5.91 Å². The van der Waals surface area contributed by atoms with Crippen molar-refractivity contribution in [2.75, 3.05) is 13.1 Å². The van der Waals surface area contributed by atoms with Crippen LogP contribution in [-0.2, 0) is 0 Å². The Morgan fingerprint density at radius 3 is 2.40 bits per heavy atom. The van der Waals surface area contributed by atoms with Gasteiger partial charge in [-0.25, -0.2) is 4.79 Å². The molecule has 0 spiro atoms. The van der Waals surface area contributed by atoms with Crippen LogP contribution >= 0.6 is 22.9 Å². The fraction of sp³-hybridized carbons (Fsp3) is 0.333. The second-order valence-electron chi connectivity index (χ2n) is 6.07. The van der Waals surface area contributed by atoms with E-state index in [2.05, 4.69) is 5.32 Å². The lowest BCUT2D eigenvalue weighted by Gasteiger charge is -2.35. The molecule has 1 unspecified atom stereocenters. The molecule has 1 saturated heterocycles. The van der Waals surface area contributed by atoms with Gasteiger partial charge in [-0.1, -0.05) is 41.9 Å². The van der Waals surface area contributed by atoms with Gasteiger partial charge < -0.3 is 15.3 Å². The van der Waals surface area contributed by atoms with Crippen LogP contribution in [-0.4, -0.2) is 35.1 Å². The first-order valence-corrected chi connectivity index (χ1v) is 9.33. The minimum atomic E-state index is -0.882. The van der Waals surface area contributed by atoms with E-state index in [4.69, 9.17) is 16.7 Å². The normalized spacial score (nSPS) is 16.4. The van der Waals surface area contributed by atoms with E-state index in [0.717, 1.165) is 18.4 Å². The zero-order valence-corrected chi connectivity index (χ0v) is 15.1. The Hall–Kier alpha value is -2.05. The summed E-state index contributed by atoms with van der Waals surface area (Å²) in [5.41, 5.74) is 1.03. The number of carbonyl (C=O) groups is 2. The molecule has 2 heterocycles. The molecule has 1 aromatic carbocycles. The average molecular weight is 379 g/mol. The highest BCUT2D eigenvalue weighted by molar-refractivity contribution is 7.18. The number of carbonyl (C=O) groups excluding carboxylic acids is 1. The minimum absolute atomic E-state index is 0.147. The Kier molecular flexibility index (Phi) is 5.60. The number of amides is 2. The fourth-order valence-corrected chi connectivity index (χ4v) is 4.15. The van der Waals surface area contributed by atoms with Gasteiger partial charge in [0.15, 0.2) is 0 Å². The van der Waals surface area contributed by atoms with E-state index in [-0.39, 0.29) is 17.9 Å². The van der Waals surface area contributed by atoms with Crippen LogP contribution in [0.1, 0.15) is 34.1 Å². The van der Waals surface area contributed by atoms with Crippen molar-refractivity contribution in [1.82, 2.24) is 10.2 Å². The molecular weight excluding hydrogens is 360 g/mol. The number of hydrogen-bond acceptors (Lipinski definition) is 3. The van der Waals surface area contributed by atoms with Crippen LogP contribution in [0.25, 0.3) is 0 Å². The summed E-state index contributed by atoms with van der Waals surface area (Å²) in [7, 11) is 0. The molecule has 2 N–H and O–H groups in total. The van der Waals surface area contributed by atoms with Gasteiger partial charge in [0.2, 0.25) is 0 Å². The van der Waals surface area contributed by atoms with E-state index in [1.807, 2.05) is 30.3 Å². The lowest BCUT2D eigenvalue weighted by atomic mass is 9.85. The molecule has 1 aromatic heterocycles. The lowest BCUT2D eigenvalue weighted by molar-refractivity contribution is 0.0883. The molecule has 0 bridgehead atoms. The molecule has 25 heavy (non-hydrogen) atoms. The predicted octanol–water partition coefficient (Wildman–Crippen LogP) is 4.26. The zero-order valence-electron chi connectivity index (χ0n) is 13.5. The van der Waals surface area contributed by atoms with E-state index in [1.54, 1.807) is 12.1 Å². The summed E-state index contributed by atoms with van der Waals surface area (Å²) in [6.45, 7) is 0.980. The number of hydrogen-bond donors (Lipinski definition) is 2. The van der Waals surface area contributed by atoms with Crippen molar-refractivity contribution in [3.8, 4) is 0 Å². The van der Waals surface area contributed by atoms with Crippen molar-refractivity contribution in [2.45, 2.75) is 18.9 Å². The number of carboxylic acid groups (broad SMARTS) is 1. The number of nitrogens with one attached hydrogen (secondary N) is 1. The van der Waals surface area contributed by atoms with Crippen molar-refractivity contribution < 1.29 is 14.7 Å². The highest BCUT2D eigenvalue weighted by atomic mass is 35.5. The van der Waals surface area contributed by atoms with E-state index < -0.39 is 6.09 Å². The van der Waals surface area contributed by atoms with E-state index >= 15 is 0 Å². The third kappa shape index (κ3) is 4.32. The summed E-state index contributed by atoms with van der Waals surface area (Å²) in [4.78, 5) is 25.7. The maximum Gasteiger partial charge on any atom is 0.407 e. The number of benzene rings is 1. The number of piperidine rings is 1. The molecule has 0 saturated carbocycles. The van der Waals surface area contributed by atoms with Crippen LogP contribution < -0.4 is 5.32 Å². The smallest absolute Gasteiger partial charge is 0.407 e. The second-order valence-corrected chi connectivity index (χ2v) is 7.79. The fourth-order valence-electron chi connectivity index (χ4n) is 3.21. The van der Waals surface area contributed by atoms with E-state index in [1.165, 1.54) is 16.2 Å². The summed E-state index contributed by atoms with van der Waals surface area (Å²) < 4.78 is 0.580. The largest absolute Gasteiger partial charge is 0.465 e. The number of halogens is 1. The maximum atomic E-state index is 12.6. The molecule has 7 heteroatoms. The Morgan fingerprint density at radius 2 is 1.84 bits per heavy atom. The zero-order chi connectivity index (χ0) is 17.8. The molecule has 1 aliphatic heterocycles. The molecule has 1 atom stereocenters.